The molecule has 6 heteroatoms. The van der Waals surface area contributed by atoms with Gasteiger partial charge in [0.25, 0.3) is 0 Å². The molecule has 1 heterocycles. The molecule has 1 aromatic heterocycles. The Hall–Kier alpha value is -1.92. The number of rotatable bonds is 7. The molecule has 0 aliphatic rings. The van der Waals surface area contributed by atoms with Crippen molar-refractivity contribution in [3.63, 3.8) is 0 Å². The van der Waals surface area contributed by atoms with Gasteiger partial charge in [-0.3, -0.25) is 0 Å². The summed E-state index contributed by atoms with van der Waals surface area (Å²) < 4.78 is 0. The Balaban J connectivity index is 1.96. The van der Waals surface area contributed by atoms with E-state index >= 15 is 0 Å². The van der Waals surface area contributed by atoms with Crippen molar-refractivity contribution in [2.45, 2.75) is 26.3 Å². The molecule has 0 aliphatic carbocycles. The van der Waals surface area contributed by atoms with Crippen LogP contribution >= 0.6 is 11.3 Å². The van der Waals surface area contributed by atoms with Crippen LogP contribution in [0.15, 0.2) is 41.9 Å². The first kappa shape index (κ1) is 17.4. The molecule has 2 rings (SSSR count). The van der Waals surface area contributed by atoms with Gasteiger partial charge in [-0.2, -0.15) is 0 Å². The molecule has 1 aromatic carbocycles. The van der Waals surface area contributed by atoms with Crippen LogP contribution in [0.4, 0.5) is 4.79 Å². The zero-order chi connectivity index (χ0) is 16.7. The van der Waals surface area contributed by atoms with E-state index in [-0.39, 0.29) is 18.7 Å². The summed E-state index contributed by atoms with van der Waals surface area (Å²) in [5.41, 5.74) is 0.509. The fourth-order valence-electron chi connectivity index (χ4n) is 2.31. The lowest BCUT2D eigenvalue weighted by atomic mass is 9.81. The number of aromatic nitrogens is 1. The zero-order valence-corrected chi connectivity index (χ0v) is 14.3. The summed E-state index contributed by atoms with van der Waals surface area (Å²) in [7, 11) is 0. The van der Waals surface area contributed by atoms with Gasteiger partial charge in [-0.15, -0.1) is 11.3 Å². The third kappa shape index (κ3) is 5.04. The number of nitrogens with zero attached hydrogens (tertiary/aromatic N) is 1. The third-order valence-electron chi connectivity index (χ3n) is 3.71. The zero-order valence-electron chi connectivity index (χ0n) is 13.5. The van der Waals surface area contributed by atoms with E-state index in [0.29, 0.717) is 13.0 Å². The predicted molar refractivity (Wildman–Crippen MR) is 92.4 cm³/mol. The molecule has 3 N–H and O–H groups in total. The van der Waals surface area contributed by atoms with Gasteiger partial charge >= 0.3 is 6.03 Å². The molecule has 0 bridgehead atoms. The summed E-state index contributed by atoms with van der Waals surface area (Å²) in [6, 6.07) is 9.19. The molecule has 0 radical (unpaired) electrons. The standard InChI is InChI=1S/C17H23N3O2S/c1-17(2,12-21)15(13-6-4-3-5-7-13)20-16(22)19-9-8-14-18-10-11-23-14/h3-7,10-11,15,21H,8-9,12H2,1-2H3,(H2,19,20,22)/t15-/m0/s1. The Labute approximate surface area is 140 Å². The van der Waals surface area contributed by atoms with Crippen LogP contribution in [0.2, 0.25) is 0 Å². The molecular formula is C17H23N3O2S. The SMILES string of the molecule is CC(C)(CO)[C@@H](NC(=O)NCCc1nccs1)c1ccccc1. The highest BCUT2D eigenvalue weighted by Gasteiger charge is 2.31. The number of carbonyl (C=O) groups excluding carboxylic acids is 1. The molecule has 0 saturated heterocycles. The average Bonchev–Trinajstić information content (AvgIpc) is 3.06. The monoisotopic (exact) mass is 333 g/mol. The normalized spacial score (nSPS) is 12.7. The fraction of sp³-hybridized carbons (Fsp3) is 0.412. The number of amides is 2. The molecule has 0 spiro atoms. The van der Waals surface area contributed by atoms with E-state index in [4.69, 9.17) is 0 Å². The van der Waals surface area contributed by atoms with Crippen molar-refractivity contribution in [3.05, 3.63) is 52.5 Å². The van der Waals surface area contributed by atoms with Gasteiger partial charge < -0.3 is 15.7 Å². The summed E-state index contributed by atoms with van der Waals surface area (Å²) in [6.07, 6.45) is 2.47. The van der Waals surface area contributed by atoms with Crippen molar-refractivity contribution >= 4 is 17.4 Å². The fourth-order valence-corrected chi connectivity index (χ4v) is 2.93. The van der Waals surface area contributed by atoms with E-state index in [0.717, 1.165) is 10.6 Å². The van der Waals surface area contributed by atoms with Crippen molar-refractivity contribution < 1.29 is 9.90 Å². The van der Waals surface area contributed by atoms with E-state index < -0.39 is 5.41 Å². The minimum atomic E-state index is -0.464. The highest BCUT2D eigenvalue weighted by Crippen LogP contribution is 2.32. The van der Waals surface area contributed by atoms with E-state index in [9.17, 15) is 9.90 Å². The largest absolute Gasteiger partial charge is 0.396 e. The van der Waals surface area contributed by atoms with Gasteiger partial charge in [-0.1, -0.05) is 44.2 Å². The number of hydrogen-bond acceptors (Lipinski definition) is 4. The molecule has 5 nitrogen and oxygen atoms in total. The number of thiazole rings is 1. The number of hydrogen-bond donors (Lipinski definition) is 3. The van der Waals surface area contributed by atoms with Gasteiger partial charge in [0.2, 0.25) is 0 Å². The summed E-state index contributed by atoms with van der Waals surface area (Å²) in [4.78, 5) is 16.4. The summed E-state index contributed by atoms with van der Waals surface area (Å²) in [5.74, 6) is 0. The van der Waals surface area contributed by atoms with Crippen LogP contribution in [-0.4, -0.2) is 29.3 Å². The molecule has 124 valence electrons. The van der Waals surface area contributed by atoms with Crippen LogP contribution < -0.4 is 10.6 Å². The second kappa shape index (κ2) is 8.08. The van der Waals surface area contributed by atoms with E-state index in [1.165, 1.54) is 0 Å². The first-order valence-corrected chi connectivity index (χ1v) is 8.49. The first-order chi connectivity index (χ1) is 11.0. The second-order valence-electron chi connectivity index (χ2n) is 6.07. The molecule has 23 heavy (non-hydrogen) atoms. The third-order valence-corrected chi connectivity index (χ3v) is 4.54. The Morgan fingerprint density at radius 2 is 2.09 bits per heavy atom. The Bertz CT molecular complexity index is 600. The Kier molecular flexibility index (Phi) is 6.12. The summed E-state index contributed by atoms with van der Waals surface area (Å²) in [5, 5.41) is 18.4. The van der Waals surface area contributed by atoms with Gasteiger partial charge in [0.05, 0.1) is 17.7 Å². The molecule has 2 amide bonds. The predicted octanol–water partition coefficient (Wildman–Crippen LogP) is 2.74. The van der Waals surface area contributed by atoms with Crippen molar-refractivity contribution in [2.24, 2.45) is 5.41 Å². The van der Waals surface area contributed by atoms with Gasteiger partial charge in [-0.25, -0.2) is 9.78 Å². The van der Waals surface area contributed by atoms with Crippen molar-refractivity contribution in [1.29, 1.82) is 0 Å². The molecule has 1 atom stereocenters. The maximum Gasteiger partial charge on any atom is 0.315 e. The van der Waals surface area contributed by atoms with Crippen molar-refractivity contribution in [3.8, 4) is 0 Å². The van der Waals surface area contributed by atoms with Crippen LogP contribution in [0, 0.1) is 5.41 Å². The smallest absolute Gasteiger partial charge is 0.315 e. The van der Waals surface area contributed by atoms with Crippen LogP contribution in [0.5, 0.6) is 0 Å². The number of aliphatic hydroxyl groups excluding tert-OH is 1. The van der Waals surface area contributed by atoms with Crippen LogP contribution in [-0.2, 0) is 6.42 Å². The van der Waals surface area contributed by atoms with Crippen LogP contribution in [0.3, 0.4) is 0 Å². The van der Waals surface area contributed by atoms with Crippen molar-refractivity contribution in [1.82, 2.24) is 15.6 Å². The molecule has 2 aromatic rings. The van der Waals surface area contributed by atoms with Crippen LogP contribution in [0.1, 0.15) is 30.5 Å². The first-order valence-electron chi connectivity index (χ1n) is 7.61. The Morgan fingerprint density at radius 3 is 2.70 bits per heavy atom. The number of benzene rings is 1. The molecule has 0 aliphatic heterocycles. The topological polar surface area (TPSA) is 74.2 Å². The molecule has 0 unspecified atom stereocenters. The van der Waals surface area contributed by atoms with E-state index in [1.807, 2.05) is 49.6 Å². The van der Waals surface area contributed by atoms with Crippen molar-refractivity contribution in [2.75, 3.05) is 13.2 Å². The van der Waals surface area contributed by atoms with Gasteiger partial charge in [0.15, 0.2) is 0 Å². The summed E-state index contributed by atoms with van der Waals surface area (Å²) in [6.45, 7) is 4.37. The summed E-state index contributed by atoms with van der Waals surface area (Å²) >= 11 is 1.58. The number of aliphatic hydroxyl groups is 1. The molecular weight excluding hydrogens is 310 g/mol. The maximum atomic E-state index is 12.2. The Morgan fingerprint density at radius 1 is 1.35 bits per heavy atom. The molecule has 0 saturated carbocycles. The van der Waals surface area contributed by atoms with E-state index in [1.54, 1.807) is 17.5 Å². The minimum Gasteiger partial charge on any atom is -0.396 e. The lowest BCUT2D eigenvalue weighted by Gasteiger charge is -2.33. The highest BCUT2D eigenvalue weighted by atomic mass is 32.1. The van der Waals surface area contributed by atoms with Gasteiger partial charge in [0, 0.05) is 30.0 Å². The van der Waals surface area contributed by atoms with E-state index in [2.05, 4.69) is 15.6 Å². The lowest BCUT2D eigenvalue weighted by Crippen LogP contribution is -2.45. The molecule has 0 fully saturated rings. The number of nitrogens with one attached hydrogen (secondary N) is 2. The number of carbonyl (C=O) groups is 1. The van der Waals surface area contributed by atoms with Gasteiger partial charge in [0.1, 0.15) is 0 Å². The quantitative estimate of drug-likeness (QED) is 0.729. The van der Waals surface area contributed by atoms with Crippen LogP contribution in [0.25, 0.3) is 0 Å². The number of urea groups is 1. The highest BCUT2D eigenvalue weighted by molar-refractivity contribution is 7.09. The van der Waals surface area contributed by atoms with Gasteiger partial charge in [-0.05, 0) is 5.56 Å². The average molecular weight is 333 g/mol. The lowest BCUT2D eigenvalue weighted by molar-refractivity contribution is 0.118. The second-order valence-corrected chi connectivity index (χ2v) is 7.05. The minimum absolute atomic E-state index is 0.0219. The maximum absolute atomic E-state index is 12.2.